The molecule has 19 heavy (non-hydrogen) atoms. The van der Waals surface area contributed by atoms with E-state index in [0.29, 0.717) is 23.9 Å². The summed E-state index contributed by atoms with van der Waals surface area (Å²) in [5.41, 5.74) is 5.71. The van der Waals surface area contributed by atoms with Crippen molar-refractivity contribution in [3.05, 3.63) is 17.0 Å². The molecule has 0 bridgehead atoms. The standard InChI is InChI=1S/C12H17N3O2S2/c1-9-4-5-15(10(6-9)7-13)19(16,17)12-3-2-11(8-14)18-12/h2-3,9-10H,4-7,13H2,1H3. The first-order valence-corrected chi connectivity index (χ1v) is 8.46. The molecule has 1 saturated heterocycles. The highest BCUT2D eigenvalue weighted by Crippen LogP contribution is 2.30. The van der Waals surface area contributed by atoms with Crippen molar-refractivity contribution in [2.45, 2.75) is 30.0 Å². The van der Waals surface area contributed by atoms with Gasteiger partial charge in [-0.1, -0.05) is 6.92 Å². The van der Waals surface area contributed by atoms with E-state index >= 15 is 0 Å². The first-order chi connectivity index (χ1) is 8.98. The summed E-state index contributed by atoms with van der Waals surface area (Å²) in [7, 11) is -3.52. The van der Waals surface area contributed by atoms with Crippen molar-refractivity contribution in [3.63, 3.8) is 0 Å². The topological polar surface area (TPSA) is 87.2 Å². The third kappa shape index (κ3) is 2.82. The number of nitrogens with two attached hydrogens (primary N) is 1. The highest BCUT2D eigenvalue weighted by molar-refractivity contribution is 7.91. The largest absolute Gasteiger partial charge is 0.329 e. The van der Waals surface area contributed by atoms with Gasteiger partial charge in [0.2, 0.25) is 0 Å². The second-order valence-corrected chi connectivity index (χ2v) is 8.07. The van der Waals surface area contributed by atoms with Crippen molar-refractivity contribution in [1.82, 2.24) is 4.31 Å². The molecule has 1 fully saturated rings. The van der Waals surface area contributed by atoms with Gasteiger partial charge in [0.05, 0.1) is 0 Å². The molecule has 2 rings (SSSR count). The number of piperidine rings is 1. The van der Waals surface area contributed by atoms with Crippen LogP contribution in [0.25, 0.3) is 0 Å². The Balaban J connectivity index is 2.30. The predicted molar refractivity (Wildman–Crippen MR) is 74.2 cm³/mol. The molecule has 1 aliphatic heterocycles. The van der Waals surface area contributed by atoms with E-state index in [1.165, 1.54) is 10.4 Å². The summed E-state index contributed by atoms with van der Waals surface area (Å²) in [6.07, 6.45) is 1.65. The maximum Gasteiger partial charge on any atom is 0.252 e. The lowest BCUT2D eigenvalue weighted by molar-refractivity contribution is 0.211. The predicted octanol–water partition coefficient (Wildman–Crippen LogP) is 1.37. The molecular weight excluding hydrogens is 282 g/mol. The zero-order valence-corrected chi connectivity index (χ0v) is 12.4. The highest BCUT2D eigenvalue weighted by Gasteiger charge is 2.35. The van der Waals surface area contributed by atoms with E-state index in [1.807, 2.05) is 6.07 Å². The van der Waals surface area contributed by atoms with Gasteiger partial charge in [-0.15, -0.1) is 11.3 Å². The molecule has 0 aromatic carbocycles. The molecule has 0 aliphatic carbocycles. The van der Waals surface area contributed by atoms with Crippen molar-refractivity contribution in [2.24, 2.45) is 11.7 Å². The summed E-state index contributed by atoms with van der Waals surface area (Å²) in [4.78, 5) is 0.410. The Hall–Kier alpha value is -0.940. The Bertz CT molecular complexity index is 588. The number of hydrogen-bond donors (Lipinski definition) is 1. The smallest absolute Gasteiger partial charge is 0.252 e. The van der Waals surface area contributed by atoms with E-state index in [4.69, 9.17) is 11.0 Å². The molecule has 0 saturated carbocycles. The molecule has 1 aromatic rings. The van der Waals surface area contributed by atoms with Crippen molar-refractivity contribution in [3.8, 4) is 6.07 Å². The Labute approximate surface area is 117 Å². The lowest BCUT2D eigenvalue weighted by Gasteiger charge is -2.36. The molecule has 0 radical (unpaired) electrons. The summed E-state index contributed by atoms with van der Waals surface area (Å²) >= 11 is 1.02. The average molecular weight is 299 g/mol. The third-order valence-corrected chi connectivity index (χ3v) is 6.86. The number of nitriles is 1. The van der Waals surface area contributed by atoms with Gasteiger partial charge in [0.15, 0.2) is 0 Å². The number of hydrogen-bond acceptors (Lipinski definition) is 5. The number of sulfonamides is 1. The third-order valence-electron chi connectivity index (χ3n) is 3.45. The number of thiophene rings is 1. The van der Waals surface area contributed by atoms with Crippen molar-refractivity contribution in [2.75, 3.05) is 13.1 Å². The van der Waals surface area contributed by atoms with Gasteiger partial charge in [-0.3, -0.25) is 0 Å². The fourth-order valence-corrected chi connectivity index (χ4v) is 5.29. The number of rotatable bonds is 3. The van der Waals surface area contributed by atoms with Gasteiger partial charge in [-0.05, 0) is 30.9 Å². The van der Waals surface area contributed by atoms with Crippen molar-refractivity contribution in [1.29, 1.82) is 5.26 Å². The second-order valence-electron chi connectivity index (χ2n) is 4.87. The van der Waals surface area contributed by atoms with Gasteiger partial charge in [-0.2, -0.15) is 9.57 Å². The molecule has 2 unspecified atom stereocenters. The van der Waals surface area contributed by atoms with Crippen LogP contribution in [0.3, 0.4) is 0 Å². The van der Waals surface area contributed by atoms with Crippen LogP contribution in [-0.4, -0.2) is 31.9 Å². The van der Waals surface area contributed by atoms with E-state index < -0.39 is 10.0 Å². The van der Waals surface area contributed by atoms with E-state index in [9.17, 15) is 8.42 Å². The first kappa shape index (κ1) is 14.5. The maximum absolute atomic E-state index is 12.6. The highest BCUT2D eigenvalue weighted by atomic mass is 32.2. The van der Waals surface area contributed by atoms with Gasteiger partial charge in [0.25, 0.3) is 10.0 Å². The average Bonchev–Trinajstić information content (AvgIpc) is 2.87. The minimum Gasteiger partial charge on any atom is -0.329 e. The second kappa shape index (κ2) is 5.59. The Morgan fingerprint density at radius 2 is 2.32 bits per heavy atom. The van der Waals surface area contributed by atoms with Gasteiger partial charge in [0.1, 0.15) is 15.2 Å². The Morgan fingerprint density at radius 1 is 1.58 bits per heavy atom. The van der Waals surface area contributed by atoms with E-state index in [-0.39, 0.29) is 10.3 Å². The Morgan fingerprint density at radius 3 is 2.89 bits per heavy atom. The first-order valence-electron chi connectivity index (χ1n) is 6.21. The molecule has 0 spiro atoms. The summed E-state index contributed by atoms with van der Waals surface area (Å²) in [5.74, 6) is 0.498. The van der Waals surface area contributed by atoms with E-state index in [0.717, 1.165) is 24.2 Å². The quantitative estimate of drug-likeness (QED) is 0.913. The van der Waals surface area contributed by atoms with E-state index in [2.05, 4.69) is 6.92 Å². The molecule has 104 valence electrons. The van der Waals surface area contributed by atoms with Gasteiger partial charge in [-0.25, -0.2) is 8.42 Å². The van der Waals surface area contributed by atoms with Crippen molar-refractivity contribution >= 4 is 21.4 Å². The lowest BCUT2D eigenvalue weighted by Crippen LogP contribution is -2.48. The zero-order chi connectivity index (χ0) is 14.0. The maximum atomic E-state index is 12.6. The molecule has 0 amide bonds. The number of nitrogens with zero attached hydrogens (tertiary/aromatic N) is 2. The van der Waals surface area contributed by atoms with Crippen LogP contribution < -0.4 is 5.73 Å². The van der Waals surface area contributed by atoms with Crippen LogP contribution in [0, 0.1) is 17.2 Å². The monoisotopic (exact) mass is 299 g/mol. The van der Waals surface area contributed by atoms with Crippen LogP contribution >= 0.6 is 11.3 Å². The molecule has 2 N–H and O–H groups in total. The molecule has 1 aromatic heterocycles. The molecule has 1 aliphatic rings. The molecule has 2 atom stereocenters. The fourth-order valence-electron chi connectivity index (χ4n) is 2.39. The van der Waals surface area contributed by atoms with Crippen LogP contribution in [0.15, 0.2) is 16.3 Å². The van der Waals surface area contributed by atoms with Gasteiger partial charge >= 0.3 is 0 Å². The minimum absolute atomic E-state index is 0.138. The van der Waals surface area contributed by atoms with Crippen molar-refractivity contribution < 1.29 is 8.42 Å². The summed E-state index contributed by atoms with van der Waals surface area (Å²) < 4.78 is 26.9. The summed E-state index contributed by atoms with van der Waals surface area (Å²) in [5, 5.41) is 8.79. The van der Waals surface area contributed by atoms with Gasteiger partial charge < -0.3 is 5.73 Å². The Kier molecular flexibility index (Phi) is 4.26. The van der Waals surface area contributed by atoms with Crippen LogP contribution in [-0.2, 0) is 10.0 Å². The fraction of sp³-hybridized carbons (Fsp3) is 0.583. The van der Waals surface area contributed by atoms with Crippen LogP contribution in [0.2, 0.25) is 0 Å². The lowest BCUT2D eigenvalue weighted by atomic mass is 9.94. The zero-order valence-electron chi connectivity index (χ0n) is 10.7. The normalized spacial score (nSPS) is 25.1. The van der Waals surface area contributed by atoms with E-state index in [1.54, 1.807) is 6.07 Å². The minimum atomic E-state index is -3.52. The summed E-state index contributed by atoms with van der Waals surface area (Å²) in [6, 6.07) is 4.88. The molecular formula is C12H17N3O2S2. The SMILES string of the molecule is CC1CCN(S(=O)(=O)c2ccc(C#N)s2)C(CN)C1. The van der Waals surface area contributed by atoms with Crippen LogP contribution in [0.1, 0.15) is 24.6 Å². The summed E-state index contributed by atoms with van der Waals surface area (Å²) in [6.45, 7) is 2.96. The van der Waals surface area contributed by atoms with Crippen LogP contribution in [0.5, 0.6) is 0 Å². The molecule has 5 nitrogen and oxygen atoms in total. The molecule has 7 heteroatoms. The molecule has 2 heterocycles. The van der Waals surface area contributed by atoms with Crippen LogP contribution in [0.4, 0.5) is 0 Å². The van der Waals surface area contributed by atoms with Gasteiger partial charge in [0, 0.05) is 19.1 Å².